The van der Waals surface area contributed by atoms with Crippen LogP contribution in [-0.2, 0) is 16.6 Å². The molecule has 0 fully saturated rings. The molecule has 4 rings (SSSR count). The highest BCUT2D eigenvalue weighted by Crippen LogP contribution is 2.30. The topological polar surface area (TPSA) is 95.1 Å². The van der Waals surface area contributed by atoms with E-state index in [4.69, 9.17) is 5.14 Å². The summed E-state index contributed by atoms with van der Waals surface area (Å²) in [7, 11) is -4.02. The monoisotopic (exact) mass is 525 g/mol. The van der Waals surface area contributed by atoms with Gasteiger partial charge in [-0.25, -0.2) is 44.6 Å². The average Bonchev–Trinajstić information content (AvgIpc) is 2.85. The van der Waals surface area contributed by atoms with Crippen LogP contribution in [0.4, 0.5) is 26.3 Å². The summed E-state index contributed by atoms with van der Waals surface area (Å²) in [4.78, 5) is 13.1. The molecular formula is C23H13F6N3O3S. The smallest absolute Gasteiger partial charge is 0.267 e. The summed E-state index contributed by atoms with van der Waals surface area (Å²) in [5, 5.41) is 8.89. The highest BCUT2D eigenvalue weighted by molar-refractivity contribution is 7.89. The van der Waals surface area contributed by atoms with Gasteiger partial charge in [0, 0.05) is 5.56 Å². The molecule has 0 aliphatic heterocycles. The standard InChI is InChI=1S/C23H13F6N3O3S/c24-13-5-1-12(2-6-13)17-15(11-3-7-14(8-4-11)36(30,34)35)9-31-32(23(17)33)10-16-18(25)20(27)22(29)21(28)19(16)26/h1-9H,10H2,(H2,30,34,35). The molecular weight excluding hydrogens is 512 g/mol. The van der Waals surface area contributed by atoms with Gasteiger partial charge in [0.2, 0.25) is 15.8 Å². The number of nitrogens with two attached hydrogens (primary N) is 1. The van der Waals surface area contributed by atoms with Crippen molar-refractivity contribution >= 4 is 10.0 Å². The van der Waals surface area contributed by atoms with Gasteiger partial charge < -0.3 is 0 Å². The van der Waals surface area contributed by atoms with Gasteiger partial charge in [-0.3, -0.25) is 4.79 Å². The molecule has 0 amide bonds. The molecule has 0 saturated carbocycles. The third kappa shape index (κ3) is 4.50. The normalized spacial score (nSPS) is 11.6. The molecule has 0 aliphatic carbocycles. The highest BCUT2D eigenvalue weighted by atomic mass is 32.2. The largest absolute Gasteiger partial charge is 0.275 e. The van der Waals surface area contributed by atoms with Gasteiger partial charge in [0.1, 0.15) is 5.82 Å². The van der Waals surface area contributed by atoms with Crippen molar-refractivity contribution in [3.63, 3.8) is 0 Å². The van der Waals surface area contributed by atoms with Gasteiger partial charge in [-0.2, -0.15) is 5.10 Å². The van der Waals surface area contributed by atoms with Crippen LogP contribution in [0.5, 0.6) is 0 Å². The molecule has 0 unspecified atom stereocenters. The maximum absolute atomic E-state index is 14.2. The molecule has 0 spiro atoms. The molecule has 0 atom stereocenters. The zero-order valence-corrected chi connectivity index (χ0v) is 18.6. The summed E-state index contributed by atoms with van der Waals surface area (Å²) in [6.45, 7) is -1.11. The fraction of sp³-hybridized carbons (Fsp3) is 0.0435. The van der Waals surface area contributed by atoms with E-state index in [1.807, 2.05) is 0 Å². The van der Waals surface area contributed by atoms with E-state index in [0.29, 0.717) is 4.68 Å². The number of sulfonamides is 1. The summed E-state index contributed by atoms with van der Waals surface area (Å²) < 4.78 is 106. The van der Waals surface area contributed by atoms with Gasteiger partial charge in [-0.1, -0.05) is 24.3 Å². The second kappa shape index (κ2) is 9.24. The fourth-order valence-electron chi connectivity index (χ4n) is 3.48. The molecule has 2 N–H and O–H groups in total. The summed E-state index contributed by atoms with van der Waals surface area (Å²) >= 11 is 0. The summed E-state index contributed by atoms with van der Waals surface area (Å²) in [6.07, 6.45) is 1.08. The maximum Gasteiger partial charge on any atom is 0.275 e. The number of aromatic nitrogens is 2. The minimum Gasteiger partial charge on any atom is -0.267 e. The van der Waals surface area contributed by atoms with Gasteiger partial charge >= 0.3 is 0 Å². The molecule has 186 valence electrons. The Labute approximate surface area is 199 Å². The fourth-order valence-corrected chi connectivity index (χ4v) is 3.99. The molecule has 0 radical (unpaired) electrons. The minimum absolute atomic E-state index is 0.112. The van der Waals surface area contributed by atoms with Crippen LogP contribution in [0.3, 0.4) is 0 Å². The molecule has 13 heteroatoms. The van der Waals surface area contributed by atoms with Crippen LogP contribution in [0.15, 0.2) is 64.4 Å². The third-order valence-corrected chi connectivity index (χ3v) is 6.21. The number of rotatable bonds is 5. The van der Waals surface area contributed by atoms with Gasteiger partial charge in [-0.15, -0.1) is 0 Å². The number of nitrogens with zero attached hydrogens (tertiary/aromatic N) is 2. The molecule has 1 heterocycles. The molecule has 3 aromatic carbocycles. The lowest BCUT2D eigenvalue weighted by Crippen LogP contribution is -2.27. The van der Waals surface area contributed by atoms with Crippen LogP contribution >= 0.6 is 0 Å². The van der Waals surface area contributed by atoms with Crippen molar-refractivity contribution in [2.24, 2.45) is 5.14 Å². The molecule has 0 saturated heterocycles. The number of hydrogen-bond donors (Lipinski definition) is 1. The zero-order valence-electron chi connectivity index (χ0n) is 17.8. The summed E-state index contributed by atoms with van der Waals surface area (Å²) in [6, 6.07) is 9.51. The average molecular weight is 525 g/mol. The third-order valence-electron chi connectivity index (χ3n) is 5.28. The van der Waals surface area contributed by atoms with Crippen molar-refractivity contribution in [1.29, 1.82) is 0 Å². The Morgan fingerprint density at radius 2 is 1.25 bits per heavy atom. The number of hydrogen-bond acceptors (Lipinski definition) is 4. The lowest BCUT2D eigenvalue weighted by molar-refractivity contribution is 0.366. The first-order valence-corrected chi connectivity index (χ1v) is 11.4. The predicted molar refractivity (Wildman–Crippen MR) is 116 cm³/mol. The van der Waals surface area contributed by atoms with Gasteiger partial charge in [0.25, 0.3) is 5.56 Å². The van der Waals surface area contributed by atoms with E-state index in [2.05, 4.69) is 5.10 Å². The zero-order chi connectivity index (χ0) is 26.4. The predicted octanol–water partition coefficient (Wildman–Crippen LogP) is 4.11. The van der Waals surface area contributed by atoms with Gasteiger partial charge in [0.15, 0.2) is 23.3 Å². The second-order valence-electron chi connectivity index (χ2n) is 7.52. The van der Waals surface area contributed by atoms with E-state index < -0.39 is 62.6 Å². The van der Waals surface area contributed by atoms with E-state index >= 15 is 0 Å². The molecule has 36 heavy (non-hydrogen) atoms. The van der Waals surface area contributed by atoms with Crippen molar-refractivity contribution in [2.75, 3.05) is 0 Å². The highest BCUT2D eigenvalue weighted by Gasteiger charge is 2.27. The first-order valence-electron chi connectivity index (χ1n) is 9.89. The summed E-state index contributed by atoms with van der Waals surface area (Å²) in [5.74, 6) is -11.6. The Balaban J connectivity index is 1.92. The van der Waals surface area contributed by atoms with E-state index in [1.165, 1.54) is 36.4 Å². The van der Waals surface area contributed by atoms with E-state index in [1.54, 1.807) is 0 Å². The first-order chi connectivity index (χ1) is 16.9. The molecule has 4 aromatic rings. The van der Waals surface area contributed by atoms with Crippen molar-refractivity contribution in [3.8, 4) is 22.3 Å². The second-order valence-corrected chi connectivity index (χ2v) is 9.08. The quantitative estimate of drug-likeness (QED) is 0.241. The Morgan fingerprint density at radius 1 is 0.750 bits per heavy atom. The van der Waals surface area contributed by atoms with Crippen molar-refractivity contribution in [3.05, 3.63) is 106 Å². The Kier molecular flexibility index (Phi) is 6.45. The van der Waals surface area contributed by atoms with Crippen LogP contribution in [0, 0.1) is 34.9 Å². The lowest BCUT2D eigenvalue weighted by atomic mass is 9.97. The van der Waals surface area contributed by atoms with Crippen LogP contribution < -0.4 is 10.7 Å². The maximum atomic E-state index is 14.2. The number of primary sulfonamides is 1. The molecule has 0 bridgehead atoms. The minimum atomic E-state index is -4.02. The van der Waals surface area contributed by atoms with Crippen LogP contribution in [0.25, 0.3) is 22.3 Å². The van der Waals surface area contributed by atoms with Crippen molar-refractivity contribution in [1.82, 2.24) is 9.78 Å². The lowest BCUT2D eigenvalue weighted by Gasteiger charge is -2.14. The van der Waals surface area contributed by atoms with Crippen LogP contribution in [-0.4, -0.2) is 18.2 Å². The van der Waals surface area contributed by atoms with Crippen molar-refractivity contribution < 1.29 is 34.8 Å². The molecule has 0 aliphatic rings. The Bertz CT molecular complexity index is 1630. The van der Waals surface area contributed by atoms with Crippen LogP contribution in [0.1, 0.15) is 5.56 Å². The van der Waals surface area contributed by atoms with E-state index in [0.717, 1.165) is 18.3 Å². The summed E-state index contributed by atoms with van der Waals surface area (Å²) in [5.41, 5.74) is -1.91. The van der Waals surface area contributed by atoms with E-state index in [9.17, 15) is 39.6 Å². The Morgan fingerprint density at radius 3 is 1.78 bits per heavy atom. The first kappa shape index (κ1) is 25.1. The number of halogens is 6. The van der Waals surface area contributed by atoms with Crippen molar-refractivity contribution in [2.45, 2.75) is 11.4 Å². The molecule has 6 nitrogen and oxygen atoms in total. The molecule has 1 aromatic heterocycles. The van der Waals surface area contributed by atoms with Gasteiger partial charge in [-0.05, 0) is 35.4 Å². The van der Waals surface area contributed by atoms with E-state index in [-0.39, 0.29) is 27.1 Å². The SMILES string of the molecule is NS(=O)(=O)c1ccc(-c2cnn(Cc3c(F)c(F)c(F)c(F)c3F)c(=O)c2-c2ccc(F)cc2)cc1. The van der Waals surface area contributed by atoms with Crippen LogP contribution in [0.2, 0.25) is 0 Å². The Hall–Kier alpha value is -3.97. The number of benzene rings is 3. The van der Waals surface area contributed by atoms with Gasteiger partial charge in [0.05, 0.1) is 28.8 Å².